The number of rotatable bonds is 12. The lowest BCUT2D eigenvalue weighted by molar-refractivity contribution is -0.101. The Hall–Kier alpha value is -0.163. The van der Waals surface area contributed by atoms with E-state index in [9.17, 15) is 5.11 Å². The fourth-order valence-electron chi connectivity index (χ4n) is 6.58. The van der Waals surface area contributed by atoms with E-state index in [2.05, 4.69) is 75.8 Å². The quantitative estimate of drug-likeness (QED) is 0.252. The molecule has 0 amide bonds. The molecule has 3 nitrogen and oxygen atoms in total. The molecule has 0 heterocycles. The van der Waals surface area contributed by atoms with Gasteiger partial charge in [-0.05, 0) is 63.1 Å². The number of hydrogen-bond acceptors (Lipinski definition) is 3. The fourth-order valence-corrected chi connectivity index (χ4v) is 12.2. The maximum absolute atomic E-state index is 9.86. The Morgan fingerprint density at radius 3 is 1.80 bits per heavy atom. The minimum Gasteiger partial charge on any atom is -0.412 e. The number of aliphatic hydroxyl groups is 1. The molecule has 4 heteroatoms. The van der Waals surface area contributed by atoms with Crippen LogP contribution < -0.4 is 0 Å². The molecule has 0 aromatic carbocycles. The summed E-state index contributed by atoms with van der Waals surface area (Å²) in [6.45, 7) is 29.3. The summed E-state index contributed by atoms with van der Waals surface area (Å²) in [5.41, 5.74) is 2.89. The highest BCUT2D eigenvalue weighted by Crippen LogP contribution is 2.56. The van der Waals surface area contributed by atoms with Gasteiger partial charge in [0.1, 0.15) is 0 Å². The van der Waals surface area contributed by atoms with Gasteiger partial charge in [0.25, 0.3) is 0 Å². The zero-order chi connectivity index (χ0) is 23.4. The zero-order valence-corrected chi connectivity index (χ0v) is 22.9. The van der Waals surface area contributed by atoms with Crippen LogP contribution in [0, 0.1) is 11.3 Å². The minimum absolute atomic E-state index is 0.00646. The lowest BCUT2D eigenvalue weighted by Gasteiger charge is -2.50. The molecule has 0 bridgehead atoms. The van der Waals surface area contributed by atoms with Crippen LogP contribution in [0.2, 0.25) is 16.6 Å². The van der Waals surface area contributed by atoms with Gasteiger partial charge in [-0.15, -0.1) is 0 Å². The van der Waals surface area contributed by atoms with Crippen LogP contribution in [0.3, 0.4) is 0 Å². The number of ether oxygens (including phenoxy) is 1. The van der Waals surface area contributed by atoms with E-state index in [1.807, 2.05) is 6.92 Å². The van der Waals surface area contributed by atoms with Gasteiger partial charge in [-0.1, -0.05) is 67.5 Å². The van der Waals surface area contributed by atoms with Crippen molar-refractivity contribution in [3.05, 3.63) is 12.2 Å². The van der Waals surface area contributed by atoms with Crippen molar-refractivity contribution in [2.75, 3.05) is 0 Å². The molecule has 178 valence electrons. The van der Waals surface area contributed by atoms with E-state index in [0.717, 1.165) is 19.3 Å². The van der Waals surface area contributed by atoms with E-state index in [-0.39, 0.29) is 29.8 Å². The van der Waals surface area contributed by atoms with Gasteiger partial charge >= 0.3 is 0 Å². The lowest BCUT2D eigenvalue weighted by Crippen LogP contribution is -2.55. The Morgan fingerprint density at radius 2 is 1.47 bits per heavy atom. The van der Waals surface area contributed by atoms with Crippen molar-refractivity contribution in [2.45, 2.75) is 143 Å². The van der Waals surface area contributed by atoms with Gasteiger partial charge in [-0.2, -0.15) is 0 Å². The van der Waals surface area contributed by atoms with Crippen molar-refractivity contribution >= 4 is 8.32 Å². The first-order valence-electron chi connectivity index (χ1n) is 12.5. The Balaban J connectivity index is 3.44. The summed E-state index contributed by atoms with van der Waals surface area (Å²) in [5, 5.41) is 9.86. The monoisotopic (exact) mass is 440 g/mol. The van der Waals surface area contributed by atoms with Crippen molar-refractivity contribution in [3.8, 4) is 0 Å². The van der Waals surface area contributed by atoms with Crippen LogP contribution >= 0.6 is 0 Å². The van der Waals surface area contributed by atoms with E-state index in [1.165, 1.54) is 5.57 Å². The lowest BCUT2D eigenvalue weighted by atomic mass is 9.75. The molecular formula is C26H52O3Si. The van der Waals surface area contributed by atoms with Crippen LogP contribution in [-0.2, 0) is 9.16 Å². The summed E-state index contributed by atoms with van der Waals surface area (Å²) in [5.74, 6) is 0.330. The Kier molecular flexibility index (Phi) is 10.3. The molecule has 0 aromatic rings. The van der Waals surface area contributed by atoms with Crippen LogP contribution in [0.25, 0.3) is 0 Å². The van der Waals surface area contributed by atoms with Gasteiger partial charge in [0.2, 0.25) is 8.32 Å². The molecular weight excluding hydrogens is 388 g/mol. The maximum Gasteiger partial charge on any atom is 0.200 e. The van der Waals surface area contributed by atoms with Crippen molar-refractivity contribution in [3.63, 3.8) is 0 Å². The second-order valence-electron chi connectivity index (χ2n) is 11.0. The van der Waals surface area contributed by atoms with E-state index in [0.29, 0.717) is 29.0 Å². The molecule has 1 aliphatic rings. The predicted octanol–water partition coefficient (Wildman–Crippen LogP) is 7.49. The molecule has 0 saturated heterocycles. The van der Waals surface area contributed by atoms with Gasteiger partial charge < -0.3 is 14.3 Å². The second kappa shape index (κ2) is 11.1. The molecule has 0 aromatic heterocycles. The Bertz CT molecular complexity index is 515. The molecule has 1 aliphatic carbocycles. The van der Waals surface area contributed by atoms with E-state index >= 15 is 0 Å². The highest BCUT2D eigenvalue weighted by molar-refractivity contribution is 6.77. The molecule has 0 aliphatic heterocycles. The Labute approximate surface area is 189 Å². The molecule has 0 radical (unpaired) electrons. The fraction of sp³-hybridized carbons (Fsp3) is 0.923. The van der Waals surface area contributed by atoms with Gasteiger partial charge in [-0.3, -0.25) is 0 Å². The van der Waals surface area contributed by atoms with Gasteiger partial charge in [-0.25, -0.2) is 0 Å². The molecule has 1 fully saturated rings. The summed E-state index contributed by atoms with van der Waals surface area (Å²) in [6.07, 6.45) is 3.74. The van der Waals surface area contributed by atoms with E-state index in [4.69, 9.17) is 9.16 Å². The van der Waals surface area contributed by atoms with Crippen LogP contribution in [0.15, 0.2) is 12.2 Å². The number of aliphatic hydroxyl groups excluding tert-OH is 1. The molecule has 1 N–H and O–H groups in total. The van der Waals surface area contributed by atoms with E-state index in [1.54, 1.807) is 0 Å². The largest absolute Gasteiger partial charge is 0.412 e. The van der Waals surface area contributed by atoms with Crippen LogP contribution in [-0.4, -0.2) is 37.8 Å². The summed E-state index contributed by atoms with van der Waals surface area (Å²) in [6, 6.07) is 0. The maximum atomic E-state index is 9.86. The molecule has 0 unspecified atom stereocenters. The standard InChI is InChI=1S/C26H52O3Si/c1-13-26(14-2)24(28-22(12)15-21(11)27)16-23(17(3)4)25(26)29-30(18(5)6,19(7)8)20(9)10/h18-25,27H,3,13-16H2,1-2,4-12H3/t21-,22+,23-,24-,25-/m0/s1. The Morgan fingerprint density at radius 1 is 1.00 bits per heavy atom. The molecule has 1 saturated carbocycles. The average Bonchev–Trinajstić information content (AvgIpc) is 2.91. The van der Waals surface area contributed by atoms with Gasteiger partial charge in [0.15, 0.2) is 0 Å². The highest BCUT2D eigenvalue weighted by Gasteiger charge is 2.58. The van der Waals surface area contributed by atoms with E-state index < -0.39 is 8.32 Å². The second-order valence-corrected chi connectivity index (χ2v) is 16.4. The van der Waals surface area contributed by atoms with Crippen LogP contribution in [0.4, 0.5) is 0 Å². The first-order valence-corrected chi connectivity index (χ1v) is 14.6. The highest BCUT2D eigenvalue weighted by atomic mass is 28.4. The van der Waals surface area contributed by atoms with Crippen molar-refractivity contribution in [1.29, 1.82) is 0 Å². The molecule has 5 atom stereocenters. The first kappa shape index (κ1) is 27.9. The third-order valence-electron chi connectivity index (χ3n) is 8.10. The zero-order valence-electron chi connectivity index (χ0n) is 21.9. The summed E-state index contributed by atoms with van der Waals surface area (Å²) in [7, 11) is -2.03. The normalized spacial score (nSPS) is 26.6. The van der Waals surface area contributed by atoms with Crippen molar-refractivity contribution in [2.24, 2.45) is 11.3 Å². The third-order valence-corrected chi connectivity index (χ3v) is 14.2. The van der Waals surface area contributed by atoms with Crippen molar-refractivity contribution in [1.82, 2.24) is 0 Å². The summed E-state index contributed by atoms with van der Waals surface area (Å²) < 4.78 is 14.2. The smallest absolute Gasteiger partial charge is 0.200 e. The minimum atomic E-state index is -2.03. The van der Waals surface area contributed by atoms with Gasteiger partial charge in [0.05, 0.1) is 24.4 Å². The topological polar surface area (TPSA) is 38.7 Å². The van der Waals surface area contributed by atoms with Gasteiger partial charge in [0, 0.05) is 11.3 Å². The molecule has 30 heavy (non-hydrogen) atoms. The first-order chi connectivity index (χ1) is 13.8. The van der Waals surface area contributed by atoms with Crippen molar-refractivity contribution < 1.29 is 14.3 Å². The van der Waals surface area contributed by atoms with Crippen LogP contribution in [0.1, 0.15) is 102 Å². The SMILES string of the molecule is C=C(C)[C@@H]1C[C@H](O[C@H](C)C[C@H](C)O)C(CC)(CC)[C@H]1O[Si](C(C)C)(C(C)C)C(C)C. The number of hydrogen-bond donors (Lipinski definition) is 1. The molecule has 0 spiro atoms. The van der Waals surface area contributed by atoms with Crippen LogP contribution in [0.5, 0.6) is 0 Å². The average molecular weight is 441 g/mol. The predicted molar refractivity (Wildman–Crippen MR) is 132 cm³/mol. The third kappa shape index (κ3) is 5.42. The summed E-state index contributed by atoms with van der Waals surface area (Å²) in [4.78, 5) is 0. The summed E-state index contributed by atoms with van der Waals surface area (Å²) >= 11 is 0. The molecule has 1 rings (SSSR count).